The van der Waals surface area contributed by atoms with E-state index in [1.165, 1.54) is 0 Å². The quantitative estimate of drug-likeness (QED) is 0.868. The Bertz CT molecular complexity index is 414. The second kappa shape index (κ2) is 5.52. The molecular weight excluding hydrogens is 236 g/mol. The van der Waals surface area contributed by atoms with Crippen molar-refractivity contribution in [3.8, 4) is 0 Å². The highest BCUT2D eigenvalue weighted by Gasteiger charge is 2.30. The molecule has 1 aromatic carbocycles. The summed E-state index contributed by atoms with van der Waals surface area (Å²) in [6.07, 6.45) is 1.21. The molecule has 0 aliphatic rings. The molecule has 1 aromatic rings. The molecule has 0 aliphatic carbocycles. The summed E-state index contributed by atoms with van der Waals surface area (Å²) in [5, 5.41) is 3.44. The van der Waals surface area contributed by atoms with E-state index in [0.29, 0.717) is 17.9 Å². The molecule has 4 heteroatoms. The molecule has 0 unspecified atom stereocenters. The zero-order valence-electron chi connectivity index (χ0n) is 10.5. The van der Waals surface area contributed by atoms with Crippen molar-refractivity contribution in [2.45, 2.75) is 39.2 Å². The van der Waals surface area contributed by atoms with E-state index >= 15 is 0 Å². The molecule has 0 spiro atoms. The lowest BCUT2D eigenvalue weighted by molar-refractivity contribution is -0.121. The number of halogens is 1. The minimum Gasteiger partial charge on any atom is -0.324 e. The molecule has 0 saturated carbocycles. The summed E-state index contributed by atoms with van der Waals surface area (Å²) >= 11 is 5.90. The lowest BCUT2D eigenvalue weighted by Crippen LogP contribution is -2.50. The zero-order chi connectivity index (χ0) is 13.1. The highest BCUT2D eigenvalue weighted by molar-refractivity contribution is 6.31. The lowest BCUT2D eigenvalue weighted by atomic mass is 9.93. The van der Waals surface area contributed by atoms with Crippen LogP contribution in [0.3, 0.4) is 0 Å². The first-order valence-electron chi connectivity index (χ1n) is 5.79. The molecule has 1 amide bonds. The van der Waals surface area contributed by atoms with Crippen LogP contribution in [0.25, 0.3) is 0 Å². The van der Waals surface area contributed by atoms with Crippen molar-refractivity contribution in [3.05, 3.63) is 28.8 Å². The number of benzene rings is 1. The van der Waals surface area contributed by atoms with Crippen LogP contribution in [0.4, 0.5) is 5.69 Å². The first-order valence-corrected chi connectivity index (χ1v) is 6.17. The Balaban J connectivity index is 2.91. The molecule has 0 radical (unpaired) electrons. The smallest absolute Gasteiger partial charge is 0.244 e. The van der Waals surface area contributed by atoms with E-state index in [-0.39, 0.29) is 5.91 Å². The molecular formula is C13H19ClN2O. The molecule has 3 nitrogen and oxygen atoms in total. The second-order valence-corrected chi connectivity index (χ2v) is 4.71. The Morgan fingerprint density at radius 1 is 1.41 bits per heavy atom. The predicted molar refractivity (Wildman–Crippen MR) is 72.3 cm³/mol. The number of amides is 1. The van der Waals surface area contributed by atoms with Gasteiger partial charge in [-0.15, -0.1) is 0 Å². The van der Waals surface area contributed by atoms with Crippen molar-refractivity contribution < 1.29 is 4.79 Å². The van der Waals surface area contributed by atoms with Crippen molar-refractivity contribution in [1.82, 2.24) is 0 Å². The Kier molecular flexibility index (Phi) is 4.54. The fraction of sp³-hybridized carbons (Fsp3) is 0.462. The summed E-state index contributed by atoms with van der Waals surface area (Å²) in [5.74, 6) is -0.159. The van der Waals surface area contributed by atoms with Crippen LogP contribution in [-0.2, 0) is 4.79 Å². The topological polar surface area (TPSA) is 55.1 Å². The third-order valence-corrected chi connectivity index (χ3v) is 3.40. The van der Waals surface area contributed by atoms with E-state index in [1.54, 1.807) is 12.1 Å². The number of nitrogens with two attached hydrogens (primary N) is 1. The van der Waals surface area contributed by atoms with Crippen LogP contribution in [0.1, 0.15) is 32.3 Å². The van der Waals surface area contributed by atoms with Crippen molar-refractivity contribution >= 4 is 23.2 Å². The van der Waals surface area contributed by atoms with Crippen LogP contribution in [0.2, 0.25) is 5.02 Å². The molecule has 0 bridgehead atoms. The number of nitrogens with one attached hydrogen (secondary N) is 1. The van der Waals surface area contributed by atoms with Crippen LogP contribution in [-0.4, -0.2) is 11.4 Å². The standard InChI is InChI=1S/C13H19ClN2O/c1-4-13(15,5-2)12(17)16-11-8-10(14)7-6-9(11)3/h6-8H,4-5,15H2,1-3H3,(H,16,17). The molecule has 0 saturated heterocycles. The maximum absolute atomic E-state index is 12.1. The van der Waals surface area contributed by atoms with Gasteiger partial charge >= 0.3 is 0 Å². The number of hydrogen-bond donors (Lipinski definition) is 2. The minimum atomic E-state index is -0.811. The van der Waals surface area contributed by atoms with E-state index in [0.717, 1.165) is 11.3 Å². The molecule has 0 atom stereocenters. The van der Waals surface area contributed by atoms with Gasteiger partial charge in [0.15, 0.2) is 0 Å². The van der Waals surface area contributed by atoms with Gasteiger partial charge < -0.3 is 11.1 Å². The maximum atomic E-state index is 12.1. The number of carbonyl (C=O) groups is 1. The van der Waals surface area contributed by atoms with Gasteiger partial charge in [0.1, 0.15) is 0 Å². The second-order valence-electron chi connectivity index (χ2n) is 4.28. The predicted octanol–water partition coefficient (Wildman–Crippen LogP) is 3.10. The molecule has 1 rings (SSSR count). The van der Waals surface area contributed by atoms with Gasteiger partial charge in [0.25, 0.3) is 0 Å². The van der Waals surface area contributed by atoms with Gasteiger partial charge in [0, 0.05) is 10.7 Å². The first-order chi connectivity index (χ1) is 7.92. The Morgan fingerprint density at radius 3 is 2.53 bits per heavy atom. The average Bonchev–Trinajstić information content (AvgIpc) is 2.32. The molecule has 3 N–H and O–H groups in total. The largest absolute Gasteiger partial charge is 0.324 e. The summed E-state index contributed by atoms with van der Waals surface area (Å²) in [6.45, 7) is 5.74. The normalized spacial score (nSPS) is 11.4. The Hall–Kier alpha value is -1.06. The summed E-state index contributed by atoms with van der Waals surface area (Å²) in [7, 11) is 0. The fourth-order valence-electron chi connectivity index (χ4n) is 1.55. The van der Waals surface area contributed by atoms with Crippen LogP contribution < -0.4 is 11.1 Å². The number of carbonyl (C=O) groups excluding carboxylic acids is 1. The Morgan fingerprint density at radius 2 is 2.00 bits per heavy atom. The number of hydrogen-bond acceptors (Lipinski definition) is 2. The van der Waals surface area contributed by atoms with E-state index < -0.39 is 5.54 Å². The Labute approximate surface area is 107 Å². The first kappa shape index (κ1) is 14.0. The summed E-state index contributed by atoms with van der Waals surface area (Å²) < 4.78 is 0. The highest BCUT2D eigenvalue weighted by Crippen LogP contribution is 2.22. The number of anilines is 1. The van der Waals surface area contributed by atoms with E-state index in [4.69, 9.17) is 17.3 Å². The highest BCUT2D eigenvalue weighted by atomic mass is 35.5. The van der Waals surface area contributed by atoms with Crippen LogP contribution >= 0.6 is 11.6 Å². The van der Waals surface area contributed by atoms with Crippen molar-refractivity contribution in [1.29, 1.82) is 0 Å². The van der Waals surface area contributed by atoms with Gasteiger partial charge in [-0.3, -0.25) is 4.79 Å². The van der Waals surface area contributed by atoms with Gasteiger partial charge in [0.2, 0.25) is 5.91 Å². The monoisotopic (exact) mass is 254 g/mol. The van der Waals surface area contributed by atoms with Crippen LogP contribution in [0.5, 0.6) is 0 Å². The van der Waals surface area contributed by atoms with Crippen LogP contribution in [0, 0.1) is 6.92 Å². The zero-order valence-corrected chi connectivity index (χ0v) is 11.3. The molecule has 0 aliphatic heterocycles. The summed E-state index contributed by atoms with van der Waals surface area (Å²) in [4.78, 5) is 12.1. The van der Waals surface area contributed by atoms with Crippen molar-refractivity contribution in [3.63, 3.8) is 0 Å². The summed E-state index contributed by atoms with van der Waals surface area (Å²) in [6, 6.07) is 5.40. The molecule has 0 fully saturated rings. The van der Waals surface area contributed by atoms with Crippen LogP contribution in [0.15, 0.2) is 18.2 Å². The average molecular weight is 255 g/mol. The van der Waals surface area contributed by atoms with E-state index in [1.807, 2.05) is 26.8 Å². The molecule has 0 heterocycles. The van der Waals surface area contributed by atoms with Gasteiger partial charge in [-0.05, 0) is 37.5 Å². The minimum absolute atomic E-state index is 0.159. The third-order valence-electron chi connectivity index (χ3n) is 3.16. The SMILES string of the molecule is CCC(N)(CC)C(=O)Nc1cc(Cl)ccc1C. The number of rotatable bonds is 4. The van der Waals surface area contributed by atoms with E-state index in [2.05, 4.69) is 5.32 Å². The molecule has 17 heavy (non-hydrogen) atoms. The van der Waals surface area contributed by atoms with Crippen molar-refractivity contribution in [2.75, 3.05) is 5.32 Å². The lowest BCUT2D eigenvalue weighted by Gasteiger charge is -2.25. The number of aryl methyl sites for hydroxylation is 1. The van der Waals surface area contributed by atoms with E-state index in [9.17, 15) is 4.79 Å². The maximum Gasteiger partial charge on any atom is 0.244 e. The van der Waals surface area contributed by atoms with Crippen molar-refractivity contribution in [2.24, 2.45) is 5.73 Å². The summed E-state index contributed by atoms with van der Waals surface area (Å²) in [5.41, 5.74) is 6.91. The fourth-order valence-corrected chi connectivity index (χ4v) is 1.72. The van der Waals surface area contributed by atoms with Gasteiger partial charge in [-0.2, -0.15) is 0 Å². The van der Waals surface area contributed by atoms with Gasteiger partial charge in [0.05, 0.1) is 5.54 Å². The van der Waals surface area contributed by atoms with Gasteiger partial charge in [-0.25, -0.2) is 0 Å². The van der Waals surface area contributed by atoms with Gasteiger partial charge in [-0.1, -0.05) is 31.5 Å². The molecule has 0 aromatic heterocycles. The molecule has 94 valence electrons. The third kappa shape index (κ3) is 3.20.